The topological polar surface area (TPSA) is 48.0 Å². The van der Waals surface area contributed by atoms with Crippen LogP contribution in [0.3, 0.4) is 0 Å². The molecule has 0 N–H and O–H groups in total. The summed E-state index contributed by atoms with van der Waals surface area (Å²) in [6, 6.07) is 10.2. The van der Waals surface area contributed by atoms with Gasteiger partial charge in [0.25, 0.3) is 0 Å². The van der Waals surface area contributed by atoms with Crippen LogP contribution in [0.15, 0.2) is 36.4 Å². The summed E-state index contributed by atoms with van der Waals surface area (Å²) in [5.41, 5.74) is 3.17. The van der Waals surface area contributed by atoms with Gasteiger partial charge in [0.05, 0.1) is 27.8 Å². The van der Waals surface area contributed by atoms with E-state index in [1.54, 1.807) is 26.4 Å². The van der Waals surface area contributed by atoms with Crippen molar-refractivity contribution in [3.05, 3.63) is 58.9 Å². The van der Waals surface area contributed by atoms with Crippen molar-refractivity contribution in [2.24, 2.45) is 0 Å². The molecule has 1 unspecified atom stereocenters. The SMILES string of the molecule is COC(=O)CC1c2cc(OC)c(OC)cc2CCN1Cc1ccc(F)cc1. The Morgan fingerprint density at radius 3 is 2.41 bits per heavy atom. The van der Waals surface area contributed by atoms with Gasteiger partial charge in [-0.15, -0.1) is 0 Å². The van der Waals surface area contributed by atoms with Gasteiger partial charge in [0.1, 0.15) is 5.82 Å². The Balaban J connectivity index is 1.95. The molecule has 0 radical (unpaired) electrons. The maximum Gasteiger partial charge on any atom is 0.307 e. The molecular formula is C21H24FNO4. The van der Waals surface area contributed by atoms with Crippen LogP contribution in [0.2, 0.25) is 0 Å². The first-order valence-corrected chi connectivity index (χ1v) is 8.85. The number of rotatable bonds is 6. The van der Waals surface area contributed by atoms with Crippen molar-refractivity contribution in [3.8, 4) is 11.5 Å². The molecule has 1 aliphatic heterocycles. The van der Waals surface area contributed by atoms with Crippen molar-refractivity contribution >= 4 is 5.97 Å². The fourth-order valence-corrected chi connectivity index (χ4v) is 3.57. The van der Waals surface area contributed by atoms with Crippen molar-refractivity contribution < 1.29 is 23.4 Å². The molecule has 144 valence electrons. The highest BCUT2D eigenvalue weighted by molar-refractivity contribution is 5.70. The number of carbonyl (C=O) groups excluding carboxylic acids is 1. The largest absolute Gasteiger partial charge is 0.493 e. The van der Waals surface area contributed by atoms with E-state index in [1.807, 2.05) is 12.1 Å². The van der Waals surface area contributed by atoms with Crippen molar-refractivity contribution in [2.45, 2.75) is 25.4 Å². The number of hydrogen-bond acceptors (Lipinski definition) is 5. The number of hydrogen-bond donors (Lipinski definition) is 0. The van der Waals surface area contributed by atoms with Crippen molar-refractivity contribution in [1.82, 2.24) is 4.90 Å². The van der Waals surface area contributed by atoms with Gasteiger partial charge in [0.15, 0.2) is 11.5 Å². The lowest BCUT2D eigenvalue weighted by atomic mass is 9.89. The molecule has 27 heavy (non-hydrogen) atoms. The predicted octanol–water partition coefficient (Wildman–Crippen LogP) is 3.51. The zero-order chi connectivity index (χ0) is 19.4. The zero-order valence-electron chi connectivity index (χ0n) is 15.8. The highest BCUT2D eigenvalue weighted by Gasteiger charge is 2.31. The number of fused-ring (bicyclic) bond motifs is 1. The maximum atomic E-state index is 13.2. The summed E-state index contributed by atoms with van der Waals surface area (Å²) in [6.45, 7) is 1.40. The second-order valence-corrected chi connectivity index (χ2v) is 6.55. The first-order valence-electron chi connectivity index (χ1n) is 8.85. The molecule has 2 aromatic carbocycles. The summed E-state index contributed by atoms with van der Waals surface area (Å²) in [4.78, 5) is 14.3. The average Bonchev–Trinajstić information content (AvgIpc) is 2.70. The number of carbonyl (C=O) groups is 1. The van der Waals surface area contributed by atoms with Gasteiger partial charge in [-0.05, 0) is 47.4 Å². The Bertz CT molecular complexity index is 807. The summed E-state index contributed by atoms with van der Waals surface area (Å²) in [7, 11) is 4.60. The lowest BCUT2D eigenvalue weighted by Gasteiger charge is -2.37. The Morgan fingerprint density at radius 2 is 1.78 bits per heavy atom. The Kier molecular flexibility index (Phi) is 5.96. The fourth-order valence-electron chi connectivity index (χ4n) is 3.57. The second kappa shape index (κ2) is 8.39. The summed E-state index contributed by atoms with van der Waals surface area (Å²) in [5, 5.41) is 0. The average molecular weight is 373 g/mol. The van der Waals surface area contributed by atoms with Crippen LogP contribution in [0.5, 0.6) is 11.5 Å². The predicted molar refractivity (Wildman–Crippen MR) is 99.4 cm³/mol. The molecule has 3 rings (SSSR count). The van der Waals surface area contributed by atoms with Gasteiger partial charge in [-0.25, -0.2) is 4.39 Å². The molecule has 0 amide bonds. The fraction of sp³-hybridized carbons (Fsp3) is 0.381. The van der Waals surface area contributed by atoms with Crippen molar-refractivity contribution in [1.29, 1.82) is 0 Å². The third kappa shape index (κ3) is 4.22. The molecule has 0 aromatic heterocycles. The number of esters is 1. The molecule has 6 heteroatoms. The molecule has 0 fully saturated rings. The summed E-state index contributed by atoms with van der Waals surface area (Å²) in [6.07, 6.45) is 1.06. The minimum Gasteiger partial charge on any atom is -0.493 e. The molecule has 0 spiro atoms. The number of benzene rings is 2. The molecule has 1 heterocycles. The monoisotopic (exact) mass is 373 g/mol. The van der Waals surface area contributed by atoms with Crippen LogP contribution < -0.4 is 9.47 Å². The van der Waals surface area contributed by atoms with E-state index in [0.717, 1.165) is 29.7 Å². The highest BCUT2D eigenvalue weighted by atomic mass is 19.1. The lowest BCUT2D eigenvalue weighted by molar-refractivity contribution is -0.142. The molecule has 1 aliphatic rings. The minimum absolute atomic E-state index is 0.147. The number of halogens is 1. The number of nitrogens with zero attached hydrogens (tertiary/aromatic N) is 1. The van der Waals surface area contributed by atoms with Crippen LogP contribution >= 0.6 is 0 Å². The van der Waals surface area contributed by atoms with E-state index in [-0.39, 0.29) is 24.2 Å². The molecule has 2 aromatic rings. The van der Waals surface area contributed by atoms with Gasteiger partial charge >= 0.3 is 5.97 Å². The van der Waals surface area contributed by atoms with E-state index < -0.39 is 0 Å². The van der Waals surface area contributed by atoms with Gasteiger partial charge in [0, 0.05) is 19.1 Å². The third-order valence-electron chi connectivity index (χ3n) is 5.00. The van der Waals surface area contributed by atoms with E-state index in [0.29, 0.717) is 18.0 Å². The first kappa shape index (κ1) is 19.2. The van der Waals surface area contributed by atoms with Crippen LogP contribution in [0.25, 0.3) is 0 Å². The van der Waals surface area contributed by atoms with E-state index in [2.05, 4.69) is 4.90 Å². The van der Waals surface area contributed by atoms with Crippen LogP contribution in [-0.2, 0) is 22.5 Å². The summed E-state index contributed by atoms with van der Waals surface area (Å²) >= 11 is 0. The summed E-state index contributed by atoms with van der Waals surface area (Å²) in [5.74, 6) is 0.784. The van der Waals surface area contributed by atoms with Crippen LogP contribution in [-0.4, -0.2) is 38.7 Å². The van der Waals surface area contributed by atoms with Crippen molar-refractivity contribution in [2.75, 3.05) is 27.9 Å². The molecule has 0 aliphatic carbocycles. The number of ether oxygens (including phenoxy) is 3. The van der Waals surface area contributed by atoms with E-state index in [1.165, 1.54) is 19.2 Å². The lowest BCUT2D eigenvalue weighted by Crippen LogP contribution is -2.36. The molecule has 0 bridgehead atoms. The highest BCUT2D eigenvalue weighted by Crippen LogP contribution is 2.40. The standard InChI is InChI=1S/C21H24FNO4/c1-25-19-10-15-8-9-23(13-14-4-6-16(22)7-5-14)18(12-21(24)27-3)17(15)11-20(19)26-2/h4-7,10-11,18H,8-9,12-13H2,1-3H3. The second-order valence-electron chi connectivity index (χ2n) is 6.55. The molecule has 0 saturated heterocycles. The third-order valence-corrected chi connectivity index (χ3v) is 5.00. The minimum atomic E-state index is -0.272. The number of methoxy groups -OCH3 is 3. The molecular weight excluding hydrogens is 349 g/mol. The van der Waals surface area contributed by atoms with Crippen LogP contribution in [0.1, 0.15) is 29.2 Å². The normalized spacial score (nSPS) is 16.5. The van der Waals surface area contributed by atoms with Gasteiger partial charge in [-0.3, -0.25) is 9.69 Å². The zero-order valence-corrected chi connectivity index (χ0v) is 15.8. The Labute approximate surface area is 158 Å². The Hall–Kier alpha value is -2.60. The molecule has 1 atom stereocenters. The van der Waals surface area contributed by atoms with E-state index in [9.17, 15) is 9.18 Å². The summed E-state index contributed by atoms with van der Waals surface area (Å²) < 4.78 is 29.0. The quantitative estimate of drug-likeness (QED) is 0.726. The van der Waals surface area contributed by atoms with Crippen LogP contribution in [0.4, 0.5) is 4.39 Å². The van der Waals surface area contributed by atoms with Crippen molar-refractivity contribution in [3.63, 3.8) is 0 Å². The Morgan fingerprint density at radius 1 is 1.11 bits per heavy atom. The van der Waals surface area contributed by atoms with Crippen LogP contribution in [0, 0.1) is 5.82 Å². The van der Waals surface area contributed by atoms with E-state index >= 15 is 0 Å². The molecule has 5 nitrogen and oxygen atoms in total. The van der Waals surface area contributed by atoms with Gasteiger partial charge in [-0.2, -0.15) is 0 Å². The smallest absolute Gasteiger partial charge is 0.307 e. The van der Waals surface area contributed by atoms with Gasteiger partial charge in [0.2, 0.25) is 0 Å². The maximum absolute atomic E-state index is 13.2. The van der Waals surface area contributed by atoms with Gasteiger partial charge < -0.3 is 14.2 Å². The molecule has 0 saturated carbocycles. The van der Waals surface area contributed by atoms with Gasteiger partial charge in [-0.1, -0.05) is 12.1 Å². The first-order chi connectivity index (χ1) is 13.0. The van der Waals surface area contributed by atoms with E-state index in [4.69, 9.17) is 14.2 Å².